The molecule has 0 radical (unpaired) electrons. The molecular formula is C18H14Cl2O. The van der Waals surface area contributed by atoms with Crippen LogP contribution in [0.2, 0.25) is 10.0 Å². The van der Waals surface area contributed by atoms with Gasteiger partial charge in [-0.1, -0.05) is 65.7 Å². The van der Waals surface area contributed by atoms with Crippen LogP contribution in [0.5, 0.6) is 0 Å². The number of fused-ring (bicyclic) bond motifs is 1. The lowest BCUT2D eigenvalue weighted by Gasteiger charge is -2.17. The van der Waals surface area contributed by atoms with Gasteiger partial charge in [-0.05, 0) is 46.5 Å². The first-order chi connectivity index (χ1) is 10.1. The zero-order valence-corrected chi connectivity index (χ0v) is 13.0. The second-order valence-corrected chi connectivity index (χ2v) is 5.91. The number of aliphatic hydroxyl groups excluding tert-OH is 1. The molecule has 0 saturated carbocycles. The lowest BCUT2D eigenvalue weighted by Crippen LogP contribution is -2.03. The normalized spacial score (nSPS) is 12.6. The van der Waals surface area contributed by atoms with E-state index in [9.17, 15) is 5.11 Å². The van der Waals surface area contributed by atoms with Crippen molar-refractivity contribution in [2.24, 2.45) is 0 Å². The molecule has 0 aliphatic rings. The van der Waals surface area contributed by atoms with E-state index in [1.807, 2.05) is 37.3 Å². The summed E-state index contributed by atoms with van der Waals surface area (Å²) in [5, 5.41) is 13.9. The maximum absolute atomic E-state index is 10.8. The van der Waals surface area contributed by atoms with Gasteiger partial charge in [0.05, 0.1) is 10.0 Å². The molecule has 3 aromatic carbocycles. The van der Waals surface area contributed by atoms with E-state index in [4.69, 9.17) is 23.2 Å². The van der Waals surface area contributed by atoms with Crippen molar-refractivity contribution in [2.45, 2.75) is 13.0 Å². The minimum Gasteiger partial charge on any atom is -0.384 e. The van der Waals surface area contributed by atoms with Gasteiger partial charge in [-0.3, -0.25) is 0 Å². The monoisotopic (exact) mass is 316 g/mol. The van der Waals surface area contributed by atoms with Crippen LogP contribution < -0.4 is 0 Å². The van der Waals surface area contributed by atoms with E-state index < -0.39 is 6.10 Å². The van der Waals surface area contributed by atoms with Gasteiger partial charge >= 0.3 is 0 Å². The maximum atomic E-state index is 10.8. The molecular weight excluding hydrogens is 303 g/mol. The fourth-order valence-corrected chi connectivity index (χ4v) is 2.92. The number of halogens is 2. The van der Waals surface area contributed by atoms with E-state index in [1.54, 1.807) is 18.2 Å². The second kappa shape index (κ2) is 5.69. The highest BCUT2D eigenvalue weighted by atomic mass is 35.5. The SMILES string of the molecule is Cc1ccc2ccccc2c1C(O)c1ccc(Cl)c(Cl)c1. The highest BCUT2D eigenvalue weighted by Gasteiger charge is 2.17. The number of aliphatic hydroxyl groups is 1. The van der Waals surface area contributed by atoms with Gasteiger partial charge in [0.1, 0.15) is 6.10 Å². The predicted molar refractivity (Wildman–Crippen MR) is 89.2 cm³/mol. The summed E-state index contributed by atoms with van der Waals surface area (Å²) in [6.45, 7) is 2.00. The van der Waals surface area contributed by atoms with Crippen molar-refractivity contribution in [2.75, 3.05) is 0 Å². The Morgan fingerprint density at radius 3 is 2.43 bits per heavy atom. The van der Waals surface area contributed by atoms with Gasteiger partial charge in [0.25, 0.3) is 0 Å². The molecule has 1 atom stereocenters. The Bertz CT molecular complexity index is 811. The van der Waals surface area contributed by atoms with Crippen molar-refractivity contribution in [1.29, 1.82) is 0 Å². The number of aryl methyl sites for hydroxylation is 1. The Balaban J connectivity index is 2.19. The summed E-state index contributed by atoms with van der Waals surface area (Å²) in [6.07, 6.45) is -0.731. The molecule has 0 spiro atoms. The number of hydrogen-bond donors (Lipinski definition) is 1. The maximum Gasteiger partial charge on any atom is 0.105 e. The third-order valence-electron chi connectivity index (χ3n) is 3.72. The smallest absolute Gasteiger partial charge is 0.105 e. The molecule has 0 fully saturated rings. The molecule has 0 saturated heterocycles. The summed E-state index contributed by atoms with van der Waals surface area (Å²) in [5.74, 6) is 0. The largest absolute Gasteiger partial charge is 0.384 e. The van der Waals surface area contributed by atoms with Crippen LogP contribution in [0.3, 0.4) is 0 Å². The Kier molecular flexibility index (Phi) is 3.90. The molecule has 1 N–H and O–H groups in total. The summed E-state index contributed by atoms with van der Waals surface area (Å²) in [5.41, 5.74) is 2.70. The summed E-state index contributed by atoms with van der Waals surface area (Å²) in [7, 11) is 0. The van der Waals surface area contributed by atoms with Gasteiger partial charge in [0.15, 0.2) is 0 Å². The average Bonchev–Trinajstić information content (AvgIpc) is 2.49. The Hall–Kier alpha value is -1.54. The third-order valence-corrected chi connectivity index (χ3v) is 4.46. The molecule has 1 nitrogen and oxygen atoms in total. The van der Waals surface area contributed by atoms with Crippen LogP contribution in [-0.4, -0.2) is 5.11 Å². The molecule has 0 bridgehead atoms. The van der Waals surface area contributed by atoms with Gasteiger partial charge in [0, 0.05) is 0 Å². The zero-order valence-electron chi connectivity index (χ0n) is 11.5. The average molecular weight is 317 g/mol. The van der Waals surface area contributed by atoms with E-state index in [-0.39, 0.29) is 0 Å². The fraction of sp³-hybridized carbons (Fsp3) is 0.111. The van der Waals surface area contributed by atoms with Crippen LogP contribution >= 0.6 is 23.2 Å². The summed E-state index contributed by atoms with van der Waals surface area (Å²) >= 11 is 12.0. The molecule has 3 rings (SSSR count). The first kappa shape index (κ1) is 14.4. The van der Waals surface area contributed by atoms with Crippen molar-refractivity contribution >= 4 is 34.0 Å². The summed E-state index contributed by atoms with van der Waals surface area (Å²) < 4.78 is 0. The Morgan fingerprint density at radius 2 is 1.67 bits per heavy atom. The standard InChI is InChI=1S/C18H14Cl2O/c1-11-6-7-12-4-2-3-5-14(12)17(11)18(21)13-8-9-15(19)16(20)10-13/h2-10,18,21H,1H3. The van der Waals surface area contributed by atoms with Crippen molar-refractivity contribution in [3.63, 3.8) is 0 Å². The molecule has 3 heteroatoms. The molecule has 0 heterocycles. The fourth-order valence-electron chi connectivity index (χ4n) is 2.62. The highest BCUT2D eigenvalue weighted by Crippen LogP contribution is 2.34. The van der Waals surface area contributed by atoms with Crippen molar-refractivity contribution in [3.05, 3.63) is 81.3 Å². The summed E-state index contributed by atoms with van der Waals surface area (Å²) in [4.78, 5) is 0. The highest BCUT2D eigenvalue weighted by molar-refractivity contribution is 6.42. The lowest BCUT2D eigenvalue weighted by atomic mass is 9.92. The lowest BCUT2D eigenvalue weighted by molar-refractivity contribution is 0.221. The predicted octanol–water partition coefficient (Wildman–Crippen LogP) is 5.54. The van der Waals surface area contributed by atoms with E-state index in [2.05, 4.69) is 6.07 Å². The van der Waals surface area contributed by atoms with Gasteiger partial charge in [-0.2, -0.15) is 0 Å². The van der Waals surface area contributed by atoms with Crippen LogP contribution in [0.1, 0.15) is 22.8 Å². The quantitative estimate of drug-likeness (QED) is 0.658. The molecule has 0 amide bonds. The molecule has 0 aliphatic carbocycles. The van der Waals surface area contributed by atoms with Gasteiger partial charge in [-0.25, -0.2) is 0 Å². The minimum atomic E-state index is -0.731. The van der Waals surface area contributed by atoms with Crippen molar-refractivity contribution in [1.82, 2.24) is 0 Å². The molecule has 3 aromatic rings. The van der Waals surface area contributed by atoms with Crippen LogP contribution in [0, 0.1) is 6.92 Å². The van der Waals surface area contributed by atoms with Crippen LogP contribution in [0.25, 0.3) is 10.8 Å². The first-order valence-corrected chi connectivity index (χ1v) is 7.45. The zero-order chi connectivity index (χ0) is 15.0. The van der Waals surface area contributed by atoms with E-state index in [0.29, 0.717) is 10.0 Å². The van der Waals surface area contributed by atoms with Crippen molar-refractivity contribution < 1.29 is 5.11 Å². The third kappa shape index (κ3) is 2.65. The van der Waals surface area contributed by atoms with E-state index >= 15 is 0 Å². The van der Waals surface area contributed by atoms with Crippen LogP contribution in [0.15, 0.2) is 54.6 Å². The first-order valence-electron chi connectivity index (χ1n) is 6.69. The number of benzene rings is 3. The molecule has 21 heavy (non-hydrogen) atoms. The number of hydrogen-bond acceptors (Lipinski definition) is 1. The van der Waals surface area contributed by atoms with Gasteiger partial charge in [-0.15, -0.1) is 0 Å². The molecule has 106 valence electrons. The topological polar surface area (TPSA) is 20.2 Å². The van der Waals surface area contributed by atoms with Crippen molar-refractivity contribution in [3.8, 4) is 0 Å². The Morgan fingerprint density at radius 1 is 0.905 bits per heavy atom. The van der Waals surface area contributed by atoms with Gasteiger partial charge in [0.2, 0.25) is 0 Å². The molecule has 0 aromatic heterocycles. The molecule has 1 unspecified atom stereocenters. The minimum absolute atomic E-state index is 0.450. The van der Waals surface area contributed by atoms with E-state index in [1.165, 1.54) is 0 Å². The molecule has 0 aliphatic heterocycles. The number of rotatable bonds is 2. The van der Waals surface area contributed by atoms with Crippen LogP contribution in [0.4, 0.5) is 0 Å². The second-order valence-electron chi connectivity index (χ2n) is 5.09. The van der Waals surface area contributed by atoms with Crippen LogP contribution in [-0.2, 0) is 0 Å². The Labute approximate surface area is 133 Å². The van der Waals surface area contributed by atoms with Gasteiger partial charge < -0.3 is 5.11 Å². The summed E-state index contributed by atoms with van der Waals surface area (Å²) in [6, 6.07) is 17.4. The van der Waals surface area contributed by atoms with E-state index in [0.717, 1.165) is 27.5 Å².